The van der Waals surface area contributed by atoms with Crippen LogP contribution < -0.4 is 16.0 Å². The second kappa shape index (κ2) is 5.44. The summed E-state index contributed by atoms with van der Waals surface area (Å²) in [7, 11) is -1.85. The van der Waals surface area contributed by atoms with Gasteiger partial charge in [-0.3, -0.25) is 10.9 Å². The highest BCUT2D eigenvalue weighted by atomic mass is 32.2. The molecule has 4 N–H and O–H groups in total. The summed E-state index contributed by atoms with van der Waals surface area (Å²) in [4.78, 5) is 0. The number of primary sulfonamides is 1. The molecule has 0 aliphatic heterocycles. The van der Waals surface area contributed by atoms with E-state index in [1.807, 2.05) is 0 Å². The van der Waals surface area contributed by atoms with Crippen LogP contribution in [0.1, 0.15) is 6.92 Å². The lowest BCUT2D eigenvalue weighted by atomic mass is 10.7. The van der Waals surface area contributed by atoms with Gasteiger partial charge >= 0.3 is 0 Å². The van der Waals surface area contributed by atoms with E-state index in [2.05, 4.69) is 10.9 Å². The monoisotopic (exact) mass is 197 g/mol. The molecule has 1 atom stereocenters. The number of hydrazine groups is 1. The first-order valence-electron chi connectivity index (χ1n) is 3.51. The van der Waals surface area contributed by atoms with Gasteiger partial charge in [-0.05, 0) is 14.0 Å². The fourth-order valence-corrected chi connectivity index (χ4v) is 0.782. The Balaban J connectivity index is 3.52. The number of rotatable bonds is 6. The summed E-state index contributed by atoms with van der Waals surface area (Å²) in [6, 6.07) is 0. The lowest BCUT2D eigenvalue weighted by molar-refractivity contribution is 0.117. The number of sulfonamides is 1. The largest absolute Gasteiger partial charge is 0.360 e. The Labute approximate surface area is 72.5 Å². The van der Waals surface area contributed by atoms with Crippen LogP contribution in [0.2, 0.25) is 0 Å². The number of nitrogens with two attached hydrogens (primary N) is 1. The molecule has 0 aliphatic rings. The normalized spacial score (nSPS) is 14.6. The zero-order valence-corrected chi connectivity index (χ0v) is 8.02. The predicted octanol–water partition coefficient (Wildman–Crippen LogP) is -1.64. The van der Waals surface area contributed by atoms with Crippen LogP contribution in [0.5, 0.6) is 0 Å². The maximum Gasteiger partial charge on any atom is 0.235 e. The molecule has 0 bridgehead atoms. The molecule has 0 aliphatic carbocycles. The molecule has 74 valence electrons. The van der Waals surface area contributed by atoms with E-state index in [1.54, 1.807) is 7.05 Å². The summed E-state index contributed by atoms with van der Waals surface area (Å²) in [5.74, 6) is 0. The van der Waals surface area contributed by atoms with Gasteiger partial charge in [-0.15, -0.1) is 0 Å². The molecule has 0 aromatic heterocycles. The molecule has 6 nitrogen and oxygen atoms in total. The molecular formula is C5H15N3O3S. The van der Waals surface area contributed by atoms with Crippen LogP contribution >= 0.6 is 0 Å². The third kappa shape index (κ3) is 5.44. The van der Waals surface area contributed by atoms with Gasteiger partial charge in [0.15, 0.2) is 5.44 Å². The molecule has 0 aromatic rings. The number of hydrogen-bond donors (Lipinski definition) is 3. The van der Waals surface area contributed by atoms with E-state index in [0.717, 1.165) is 0 Å². The minimum absolute atomic E-state index is 0.290. The number of ether oxygens (including phenoxy) is 1. The Hall–Kier alpha value is -0.210. The van der Waals surface area contributed by atoms with Crippen molar-refractivity contribution >= 4 is 10.0 Å². The van der Waals surface area contributed by atoms with E-state index in [1.165, 1.54) is 6.92 Å². The average molecular weight is 197 g/mol. The van der Waals surface area contributed by atoms with Crippen molar-refractivity contribution in [3.63, 3.8) is 0 Å². The fourth-order valence-electron chi connectivity index (χ4n) is 0.496. The van der Waals surface area contributed by atoms with Gasteiger partial charge in [0.05, 0.1) is 6.61 Å². The second-order valence-corrected chi connectivity index (χ2v) is 4.05. The highest BCUT2D eigenvalue weighted by Gasteiger charge is 2.14. The first-order valence-corrected chi connectivity index (χ1v) is 5.12. The van der Waals surface area contributed by atoms with E-state index in [0.29, 0.717) is 13.2 Å². The van der Waals surface area contributed by atoms with E-state index in [-0.39, 0.29) is 0 Å². The van der Waals surface area contributed by atoms with E-state index >= 15 is 0 Å². The van der Waals surface area contributed by atoms with Crippen molar-refractivity contribution < 1.29 is 13.2 Å². The van der Waals surface area contributed by atoms with Crippen molar-refractivity contribution in [3.8, 4) is 0 Å². The van der Waals surface area contributed by atoms with Gasteiger partial charge < -0.3 is 4.74 Å². The minimum atomic E-state index is -3.56. The highest BCUT2D eigenvalue weighted by molar-refractivity contribution is 7.89. The van der Waals surface area contributed by atoms with Gasteiger partial charge in [0.1, 0.15) is 0 Å². The van der Waals surface area contributed by atoms with Crippen molar-refractivity contribution in [1.82, 2.24) is 10.9 Å². The Bertz CT molecular complexity index is 204. The van der Waals surface area contributed by atoms with Crippen molar-refractivity contribution in [2.45, 2.75) is 12.4 Å². The third-order valence-corrected chi connectivity index (χ3v) is 2.28. The molecule has 1 unspecified atom stereocenters. The molecule has 0 rings (SSSR count). The molecule has 0 radical (unpaired) electrons. The third-order valence-electron chi connectivity index (χ3n) is 1.22. The maximum atomic E-state index is 10.6. The first-order chi connectivity index (χ1) is 5.48. The topological polar surface area (TPSA) is 93.4 Å². The molecule has 0 spiro atoms. The Morgan fingerprint density at radius 2 is 2.17 bits per heavy atom. The molecular weight excluding hydrogens is 182 g/mol. The Kier molecular flexibility index (Phi) is 5.34. The standard InChI is InChI=1S/C5H15N3O3S/c1-5(12(6,9)10)11-4-3-8-7-2/h5,7-8H,3-4H2,1-2H3,(H2,6,9,10). The minimum Gasteiger partial charge on any atom is -0.360 e. The quantitative estimate of drug-likeness (QED) is 0.351. The van der Waals surface area contributed by atoms with Gasteiger partial charge in [-0.2, -0.15) is 0 Å². The summed E-state index contributed by atoms with van der Waals surface area (Å²) in [5.41, 5.74) is 4.47. The van der Waals surface area contributed by atoms with E-state index in [4.69, 9.17) is 9.88 Å². The first kappa shape index (κ1) is 11.8. The Morgan fingerprint density at radius 1 is 1.58 bits per heavy atom. The van der Waals surface area contributed by atoms with Crippen molar-refractivity contribution in [1.29, 1.82) is 0 Å². The zero-order chi connectivity index (χ0) is 9.61. The van der Waals surface area contributed by atoms with Crippen LogP contribution in [0.4, 0.5) is 0 Å². The van der Waals surface area contributed by atoms with Gasteiger partial charge in [0.25, 0.3) is 0 Å². The molecule has 0 aromatic carbocycles. The molecule has 0 saturated heterocycles. The van der Waals surface area contributed by atoms with Gasteiger partial charge in [-0.25, -0.2) is 13.6 Å². The van der Waals surface area contributed by atoms with Gasteiger partial charge in [0.2, 0.25) is 10.0 Å². The zero-order valence-electron chi connectivity index (χ0n) is 7.20. The lowest BCUT2D eigenvalue weighted by Crippen LogP contribution is -2.34. The maximum absolute atomic E-state index is 10.6. The summed E-state index contributed by atoms with van der Waals surface area (Å²) in [6.45, 7) is 2.21. The molecule has 0 fully saturated rings. The van der Waals surface area contributed by atoms with Crippen molar-refractivity contribution in [3.05, 3.63) is 0 Å². The van der Waals surface area contributed by atoms with E-state index < -0.39 is 15.5 Å². The molecule has 0 heterocycles. The van der Waals surface area contributed by atoms with Crippen LogP contribution in [0.25, 0.3) is 0 Å². The average Bonchev–Trinajstić information content (AvgIpc) is 1.96. The van der Waals surface area contributed by atoms with E-state index in [9.17, 15) is 8.42 Å². The van der Waals surface area contributed by atoms with Gasteiger partial charge in [-0.1, -0.05) is 0 Å². The predicted molar refractivity (Wildman–Crippen MR) is 45.6 cm³/mol. The van der Waals surface area contributed by atoms with Gasteiger partial charge in [0, 0.05) is 6.54 Å². The Morgan fingerprint density at radius 3 is 2.58 bits per heavy atom. The summed E-state index contributed by atoms with van der Waals surface area (Å²) in [6.07, 6.45) is 0. The summed E-state index contributed by atoms with van der Waals surface area (Å²) >= 11 is 0. The number of nitrogens with one attached hydrogen (secondary N) is 2. The smallest absolute Gasteiger partial charge is 0.235 e. The SMILES string of the molecule is CNNCCOC(C)S(N)(=O)=O. The molecule has 12 heavy (non-hydrogen) atoms. The van der Waals surface area contributed by atoms with Crippen molar-refractivity contribution in [2.24, 2.45) is 5.14 Å². The second-order valence-electron chi connectivity index (χ2n) is 2.20. The van der Waals surface area contributed by atoms with Crippen molar-refractivity contribution in [2.75, 3.05) is 20.2 Å². The van der Waals surface area contributed by atoms with Crippen LogP contribution in [-0.2, 0) is 14.8 Å². The molecule has 0 saturated carbocycles. The number of hydrogen-bond acceptors (Lipinski definition) is 5. The summed E-state index contributed by atoms with van der Waals surface area (Å²) < 4.78 is 26.1. The van der Waals surface area contributed by atoms with Crippen LogP contribution in [0, 0.1) is 0 Å². The lowest BCUT2D eigenvalue weighted by Gasteiger charge is -2.10. The van der Waals surface area contributed by atoms with Crippen LogP contribution in [-0.4, -0.2) is 34.1 Å². The summed E-state index contributed by atoms with van der Waals surface area (Å²) in [5, 5.41) is 4.80. The molecule has 0 amide bonds. The highest BCUT2D eigenvalue weighted by Crippen LogP contribution is 1.95. The van der Waals surface area contributed by atoms with Crippen LogP contribution in [0.3, 0.4) is 0 Å². The fraction of sp³-hybridized carbons (Fsp3) is 1.00. The van der Waals surface area contributed by atoms with Crippen LogP contribution in [0.15, 0.2) is 0 Å². The molecule has 7 heteroatoms.